The second-order valence-corrected chi connectivity index (χ2v) is 5.91. The first-order chi connectivity index (χ1) is 10.3. The van der Waals surface area contributed by atoms with Crippen molar-refractivity contribution in [2.24, 2.45) is 0 Å². The van der Waals surface area contributed by atoms with Crippen LogP contribution in [0, 0.1) is 0 Å². The van der Waals surface area contributed by atoms with Gasteiger partial charge in [-0.05, 0) is 17.7 Å². The van der Waals surface area contributed by atoms with E-state index < -0.39 is 0 Å². The van der Waals surface area contributed by atoms with Crippen LogP contribution < -0.4 is 0 Å². The van der Waals surface area contributed by atoms with Gasteiger partial charge >= 0.3 is 0 Å². The SMILES string of the molecule is Clc1cccnc1SCc1nccn1Cc1ccccc1. The molecule has 0 atom stereocenters. The van der Waals surface area contributed by atoms with E-state index in [1.54, 1.807) is 18.0 Å². The number of imidazole rings is 1. The van der Waals surface area contributed by atoms with E-state index >= 15 is 0 Å². The zero-order chi connectivity index (χ0) is 14.5. The fourth-order valence-electron chi connectivity index (χ4n) is 2.01. The Morgan fingerprint density at radius 3 is 2.67 bits per heavy atom. The lowest BCUT2D eigenvalue weighted by atomic mass is 10.2. The van der Waals surface area contributed by atoms with Crippen molar-refractivity contribution in [2.45, 2.75) is 17.3 Å². The lowest BCUT2D eigenvalue weighted by Gasteiger charge is -2.08. The number of pyridine rings is 1. The van der Waals surface area contributed by atoms with Crippen LogP contribution in [0.15, 0.2) is 66.1 Å². The molecular weight excluding hydrogens is 302 g/mol. The molecule has 3 aromatic rings. The normalized spacial score (nSPS) is 10.7. The standard InChI is InChI=1S/C16H14ClN3S/c17-14-7-4-8-19-16(14)21-12-15-18-9-10-20(15)11-13-5-2-1-3-6-13/h1-10H,11-12H2. The van der Waals surface area contributed by atoms with Crippen molar-refractivity contribution in [3.63, 3.8) is 0 Å². The van der Waals surface area contributed by atoms with Crippen LogP contribution in [-0.2, 0) is 12.3 Å². The summed E-state index contributed by atoms with van der Waals surface area (Å²) in [5, 5.41) is 1.53. The molecule has 0 aliphatic rings. The number of aromatic nitrogens is 3. The van der Waals surface area contributed by atoms with Crippen molar-refractivity contribution < 1.29 is 0 Å². The van der Waals surface area contributed by atoms with E-state index in [0.29, 0.717) is 5.02 Å². The molecule has 0 N–H and O–H groups in total. The Labute approximate surface area is 133 Å². The van der Waals surface area contributed by atoms with Crippen LogP contribution in [0.2, 0.25) is 5.02 Å². The molecule has 2 aromatic heterocycles. The molecule has 1 aromatic carbocycles. The molecule has 5 heteroatoms. The summed E-state index contributed by atoms with van der Waals surface area (Å²) in [7, 11) is 0. The molecular formula is C16H14ClN3S. The van der Waals surface area contributed by atoms with Gasteiger partial charge in [0.2, 0.25) is 0 Å². The molecule has 0 spiro atoms. The molecule has 0 radical (unpaired) electrons. The number of hydrogen-bond donors (Lipinski definition) is 0. The molecule has 0 saturated carbocycles. The Balaban J connectivity index is 1.70. The Morgan fingerprint density at radius 2 is 1.86 bits per heavy atom. The van der Waals surface area contributed by atoms with Gasteiger partial charge in [0.15, 0.2) is 0 Å². The summed E-state index contributed by atoms with van der Waals surface area (Å²) in [4.78, 5) is 8.71. The van der Waals surface area contributed by atoms with Gasteiger partial charge in [-0.25, -0.2) is 9.97 Å². The summed E-state index contributed by atoms with van der Waals surface area (Å²) in [6.07, 6.45) is 5.59. The first-order valence-corrected chi connectivity index (χ1v) is 7.96. The summed E-state index contributed by atoms with van der Waals surface area (Å²) < 4.78 is 2.15. The molecule has 0 amide bonds. The maximum atomic E-state index is 6.12. The Hall–Kier alpha value is -1.78. The van der Waals surface area contributed by atoms with Crippen LogP contribution in [0.5, 0.6) is 0 Å². The minimum atomic E-state index is 0.684. The lowest BCUT2D eigenvalue weighted by Crippen LogP contribution is -2.03. The van der Waals surface area contributed by atoms with Gasteiger partial charge in [-0.3, -0.25) is 0 Å². The van der Waals surface area contributed by atoms with Crippen LogP contribution >= 0.6 is 23.4 Å². The second-order valence-electron chi connectivity index (χ2n) is 4.54. The first kappa shape index (κ1) is 14.2. The topological polar surface area (TPSA) is 30.7 Å². The number of hydrogen-bond acceptors (Lipinski definition) is 3. The summed E-state index contributed by atoms with van der Waals surface area (Å²) in [6.45, 7) is 0.826. The summed E-state index contributed by atoms with van der Waals surface area (Å²) in [6, 6.07) is 14.1. The fourth-order valence-corrected chi connectivity index (χ4v) is 3.15. The zero-order valence-corrected chi connectivity index (χ0v) is 12.9. The van der Waals surface area contributed by atoms with Crippen molar-refractivity contribution in [2.75, 3.05) is 0 Å². The smallest absolute Gasteiger partial charge is 0.119 e. The molecule has 0 bridgehead atoms. The highest BCUT2D eigenvalue weighted by Crippen LogP contribution is 2.26. The van der Waals surface area contributed by atoms with E-state index in [9.17, 15) is 0 Å². The van der Waals surface area contributed by atoms with E-state index in [0.717, 1.165) is 23.1 Å². The third-order valence-corrected chi connectivity index (χ3v) is 4.48. The zero-order valence-electron chi connectivity index (χ0n) is 11.3. The van der Waals surface area contributed by atoms with E-state index in [1.165, 1.54) is 5.56 Å². The summed E-state index contributed by atoms with van der Waals surface area (Å²) in [5.74, 6) is 1.77. The Kier molecular flexibility index (Phi) is 4.58. The van der Waals surface area contributed by atoms with Gasteiger partial charge in [-0.15, -0.1) is 0 Å². The number of thioether (sulfide) groups is 1. The molecule has 0 fully saturated rings. The van der Waals surface area contributed by atoms with Crippen molar-refractivity contribution >= 4 is 23.4 Å². The summed E-state index contributed by atoms with van der Waals surface area (Å²) >= 11 is 7.73. The molecule has 0 saturated heterocycles. The predicted octanol–water partition coefficient (Wildman–Crippen LogP) is 4.27. The molecule has 3 rings (SSSR count). The number of benzene rings is 1. The van der Waals surface area contributed by atoms with Crippen molar-refractivity contribution in [1.82, 2.24) is 14.5 Å². The van der Waals surface area contributed by atoms with E-state index in [-0.39, 0.29) is 0 Å². The molecule has 0 aliphatic heterocycles. The van der Waals surface area contributed by atoms with E-state index in [2.05, 4.69) is 26.7 Å². The van der Waals surface area contributed by atoms with Crippen LogP contribution in [-0.4, -0.2) is 14.5 Å². The minimum absolute atomic E-state index is 0.684. The van der Waals surface area contributed by atoms with Gasteiger partial charge < -0.3 is 4.57 Å². The van der Waals surface area contributed by atoms with Crippen molar-refractivity contribution in [3.05, 3.63) is 77.5 Å². The van der Waals surface area contributed by atoms with Crippen LogP contribution in [0.4, 0.5) is 0 Å². The van der Waals surface area contributed by atoms with Gasteiger partial charge in [0.05, 0.1) is 10.8 Å². The number of halogens is 1. The fraction of sp³-hybridized carbons (Fsp3) is 0.125. The van der Waals surface area contributed by atoms with Gasteiger partial charge in [0, 0.05) is 25.1 Å². The average Bonchev–Trinajstić information content (AvgIpc) is 2.95. The highest BCUT2D eigenvalue weighted by Gasteiger charge is 2.07. The van der Waals surface area contributed by atoms with Crippen molar-refractivity contribution in [3.8, 4) is 0 Å². The Bertz CT molecular complexity index is 712. The van der Waals surface area contributed by atoms with E-state index in [1.807, 2.05) is 42.7 Å². The second kappa shape index (κ2) is 6.78. The molecule has 3 nitrogen and oxygen atoms in total. The van der Waals surface area contributed by atoms with Crippen LogP contribution in [0.1, 0.15) is 11.4 Å². The minimum Gasteiger partial charge on any atom is -0.330 e. The maximum absolute atomic E-state index is 6.12. The molecule has 0 unspecified atom stereocenters. The van der Waals surface area contributed by atoms with Gasteiger partial charge in [-0.2, -0.15) is 0 Å². The highest BCUT2D eigenvalue weighted by atomic mass is 35.5. The highest BCUT2D eigenvalue weighted by molar-refractivity contribution is 7.98. The molecule has 21 heavy (non-hydrogen) atoms. The molecule has 2 heterocycles. The van der Waals surface area contributed by atoms with Gasteiger partial charge in [-0.1, -0.05) is 53.7 Å². The average molecular weight is 316 g/mol. The summed E-state index contributed by atoms with van der Waals surface area (Å²) in [5.41, 5.74) is 1.26. The third kappa shape index (κ3) is 3.65. The largest absolute Gasteiger partial charge is 0.330 e. The molecule has 0 aliphatic carbocycles. The third-order valence-electron chi connectivity index (χ3n) is 3.06. The number of rotatable bonds is 5. The van der Waals surface area contributed by atoms with E-state index in [4.69, 9.17) is 11.6 Å². The maximum Gasteiger partial charge on any atom is 0.119 e. The van der Waals surface area contributed by atoms with Crippen molar-refractivity contribution in [1.29, 1.82) is 0 Å². The monoisotopic (exact) mass is 315 g/mol. The van der Waals surface area contributed by atoms with Crippen LogP contribution in [0.3, 0.4) is 0 Å². The Morgan fingerprint density at radius 1 is 1.00 bits per heavy atom. The predicted molar refractivity (Wildman–Crippen MR) is 86.6 cm³/mol. The molecule has 106 valence electrons. The van der Waals surface area contributed by atoms with Gasteiger partial charge in [0.1, 0.15) is 10.9 Å². The number of nitrogens with zero attached hydrogens (tertiary/aromatic N) is 3. The van der Waals surface area contributed by atoms with Gasteiger partial charge in [0.25, 0.3) is 0 Å². The lowest BCUT2D eigenvalue weighted by molar-refractivity contribution is 0.756. The van der Waals surface area contributed by atoms with Crippen LogP contribution in [0.25, 0.3) is 0 Å². The quantitative estimate of drug-likeness (QED) is 0.659. The first-order valence-electron chi connectivity index (χ1n) is 6.60.